The van der Waals surface area contributed by atoms with Gasteiger partial charge in [0.15, 0.2) is 41.5 Å². The number of carbonyl (C=O) groups is 2. The van der Waals surface area contributed by atoms with Gasteiger partial charge >= 0.3 is 11.9 Å². The van der Waals surface area contributed by atoms with Crippen LogP contribution in [-0.2, 0) is 23.8 Å². The maximum absolute atomic E-state index is 11.7. The van der Waals surface area contributed by atoms with Gasteiger partial charge in [0.05, 0.1) is 6.33 Å². The predicted octanol–water partition coefficient (Wildman–Crippen LogP) is 1.18. The summed E-state index contributed by atoms with van der Waals surface area (Å²) in [6, 6.07) is 0.369. The Bertz CT molecular complexity index is 979. The quantitative estimate of drug-likeness (QED) is 0.584. The van der Waals surface area contributed by atoms with Gasteiger partial charge in [-0.25, -0.2) is 15.0 Å². The summed E-state index contributed by atoms with van der Waals surface area (Å²) in [5, 5.41) is 3.37. The first-order valence-electron chi connectivity index (χ1n) is 9.38. The largest absolute Gasteiger partial charge is 0.455 e. The van der Waals surface area contributed by atoms with Crippen LogP contribution >= 0.6 is 0 Å². The minimum Gasteiger partial charge on any atom is -0.455 e. The molecule has 10 nitrogen and oxygen atoms in total. The number of anilines is 1. The Morgan fingerprint density at radius 1 is 1.21 bits per heavy atom. The molecule has 4 atom stereocenters. The third-order valence-corrected chi connectivity index (χ3v) is 5.04. The zero-order valence-electron chi connectivity index (χ0n) is 16.1. The van der Waals surface area contributed by atoms with Crippen LogP contribution in [0.2, 0.25) is 0 Å². The molecule has 0 spiro atoms. The lowest BCUT2D eigenvalue weighted by Gasteiger charge is -2.26. The van der Waals surface area contributed by atoms with E-state index in [1.807, 2.05) is 0 Å². The van der Waals surface area contributed by atoms with Gasteiger partial charge in [-0.05, 0) is 19.3 Å². The number of hydrogen-bond donors (Lipinski definition) is 1. The number of rotatable bonds is 5. The second-order valence-corrected chi connectivity index (χ2v) is 7.08. The van der Waals surface area contributed by atoms with Gasteiger partial charge < -0.3 is 19.5 Å². The molecule has 2 aromatic rings. The van der Waals surface area contributed by atoms with E-state index in [1.165, 1.54) is 32.9 Å². The molecule has 2 fully saturated rings. The highest BCUT2D eigenvalue weighted by Gasteiger charge is 2.50. The second-order valence-electron chi connectivity index (χ2n) is 7.08. The van der Waals surface area contributed by atoms with Gasteiger partial charge in [0.25, 0.3) is 0 Å². The van der Waals surface area contributed by atoms with Gasteiger partial charge in [0.1, 0.15) is 6.33 Å². The van der Waals surface area contributed by atoms with Crippen LogP contribution in [0.5, 0.6) is 0 Å². The fourth-order valence-corrected chi connectivity index (χ4v) is 3.52. The minimum atomic E-state index is -0.951. The Hall–Kier alpha value is -3.19. The average molecular weight is 399 g/mol. The molecule has 10 heteroatoms. The number of imidazole rings is 1. The first-order valence-corrected chi connectivity index (χ1v) is 9.38. The Kier molecular flexibility index (Phi) is 5.07. The summed E-state index contributed by atoms with van der Waals surface area (Å²) in [6.07, 6.45) is 8.22. The van der Waals surface area contributed by atoms with Crippen molar-refractivity contribution in [2.75, 3.05) is 5.32 Å². The van der Waals surface area contributed by atoms with E-state index in [9.17, 15) is 9.59 Å². The Balaban J connectivity index is 1.70. The van der Waals surface area contributed by atoms with E-state index in [4.69, 9.17) is 20.6 Å². The summed E-state index contributed by atoms with van der Waals surface area (Å²) in [5.41, 5.74) is 1.06. The molecule has 1 aliphatic carbocycles. The van der Waals surface area contributed by atoms with Crippen LogP contribution in [0, 0.1) is 12.3 Å². The Morgan fingerprint density at radius 2 is 1.93 bits per heavy atom. The monoisotopic (exact) mass is 399 g/mol. The lowest BCUT2D eigenvalue weighted by Crippen LogP contribution is -2.38. The van der Waals surface area contributed by atoms with E-state index in [-0.39, 0.29) is 0 Å². The minimum absolute atomic E-state index is 0.369. The summed E-state index contributed by atoms with van der Waals surface area (Å²) >= 11 is 0. The highest BCUT2D eigenvalue weighted by molar-refractivity contribution is 5.83. The van der Waals surface area contributed by atoms with Crippen LogP contribution in [0.4, 0.5) is 5.82 Å². The van der Waals surface area contributed by atoms with Crippen molar-refractivity contribution in [1.82, 2.24) is 19.5 Å². The highest BCUT2D eigenvalue weighted by Crippen LogP contribution is 2.36. The summed E-state index contributed by atoms with van der Waals surface area (Å²) in [4.78, 5) is 36.3. The molecule has 2 aromatic heterocycles. The summed E-state index contributed by atoms with van der Waals surface area (Å²) < 4.78 is 18.2. The van der Waals surface area contributed by atoms with Crippen LogP contribution in [0.25, 0.3) is 11.2 Å². The van der Waals surface area contributed by atoms with Gasteiger partial charge in [0.2, 0.25) is 0 Å². The maximum Gasteiger partial charge on any atom is 0.303 e. The van der Waals surface area contributed by atoms with E-state index in [0.29, 0.717) is 23.0 Å². The molecular weight excluding hydrogens is 378 g/mol. The Morgan fingerprint density at radius 3 is 2.55 bits per heavy atom. The van der Waals surface area contributed by atoms with Crippen molar-refractivity contribution in [1.29, 1.82) is 0 Å². The molecular formula is C19H21N5O5. The molecule has 0 unspecified atom stereocenters. The third kappa shape index (κ3) is 3.61. The molecule has 1 saturated heterocycles. The molecule has 3 heterocycles. The van der Waals surface area contributed by atoms with Crippen LogP contribution < -0.4 is 5.32 Å². The number of hydrogen-bond acceptors (Lipinski definition) is 9. The second kappa shape index (κ2) is 7.67. The first kappa shape index (κ1) is 19.1. The van der Waals surface area contributed by atoms with Gasteiger partial charge in [-0.3, -0.25) is 14.2 Å². The topological polar surface area (TPSA) is 117 Å². The SMILES string of the molecule is C#C[C@H]1O[C@@H](n2cnc3c(NC4CCC4)ncnc32)[C@H](OC(C)=O)[C@@H]1OC(C)=O. The summed E-state index contributed by atoms with van der Waals surface area (Å²) in [6.45, 7) is 2.52. The fourth-order valence-electron chi connectivity index (χ4n) is 3.52. The lowest BCUT2D eigenvalue weighted by molar-refractivity contribution is -0.165. The van der Waals surface area contributed by atoms with E-state index in [0.717, 1.165) is 12.8 Å². The van der Waals surface area contributed by atoms with E-state index >= 15 is 0 Å². The van der Waals surface area contributed by atoms with Crippen LogP contribution in [-0.4, -0.2) is 55.8 Å². The number of esters is 2. The van der Waals surface area contributed by atoms with Gasteiger partial charge in [-0.1, -0.05) is 5.92 Å². The number of aromatic nitrogens is 4. The van der Waals surface area contributed by atoms with Gasteiger partial charge in [-0.15, -0.1) is 6.42 Å². The number of fused-ring (bicyclic) bond motifs is 1. The summed E-state index contributed by atoms with van der Waals surface area (Å²) in [7, 11) is 0. The predicted molar refractivity (Wildman–Crippen MR) is 100 cm³/mol. The van der Waals surface area contributed by atoms with Gasteiger partial charge in [0, 0.05) is 19.9 Å². The smallest absolute Gasteiger partial charge is 0.303 e. The maximum atomic E-state index is 11.7. The van der Waals surface area contributed by atoms with Crippen molar-refractivity contribution in [3.8, 4) is 12.3 Å². The van der Waals surface area contributed by atoms with Crippen molar-refractivity contribution in [2.24, 2.45) is 0 Å². The number of ether oxygens (including phenoxy) is 3. The van der Waals surface area contributed by atoms with Crippen LogP contribution in [0.1, 0.15) is 39.3 Å². The van der Waals surface area contributed by atoms with E-state index < -0.39 is 36.5 Å². The molecule has 1 N–H and O–H groups in total. The fraction of sp³-hybridized carbons (Fsp3) is 0.526. The van der Waals surface area contributed by atoms with Crippen molar-refractivity contribution in [3.05, 3.63) is 12.7 Å². The molecule has 152 valence electrons. The van der Waals surface area contributed by atoms with Crippen LogP contribution in [0.15, 0.2) is 12.7 Å². The number of terminal acetylenes is 1. The zero-order chi connectivity index (χ0) is 20.5. The molecule has 0 radical (unpaired) electrons. The van der Waals surface area contributed by atoms with E-state index in [2.05, 4.69) is 26.2 Å². The molecule has 1 aliphatic heterocycles. The first-order chi connectivity index (χ1) is 14.0. The molecule has 4 rings (SSSR count). The summed E-state index contributed by atoms with van der Waals surface area (Å²) in [5.74, 6) is 1.97. The van der Waals surface area contributed by atoms with Crippen LogP contribution in [0.3, 0.4) is 0 Å². The molecule has 1 saturated carbocycles. The standard InChI is InChI=1S/C19H21N5O5/c1-4-13-15(27-10(2)25)16(28-11(3)26)19(29-13)24-9-22-14-17(20-8-21-18(14)24)23-12-6-5-7-12/h1,8-9,12-13,15-16,19H,5-7H2,2-3H3,(H,20,21,23)/t13-,15-,16-,19-/m1/s1. The molecule has 0 aromatic carbocycles. The van der Waals surface area contributed by atoms with Crippen molar-refractivity contribution in [2.45, 2.75) is 63.7 Å². The third-order valence-electron chi connectivity index (χ3n) is 5.04. The van der Waals surface area contributed by atoms with Crippen molar-refractivity contribution >= 4 is 28.9 Å². The molecule has 0 bridgehead atoms. The Labute approximate surface area is 167 Å². The lowest BCUT2D eigenvalue weighted by atomic mass is 9.93. The van der Waals surface area contributed by atoms with E-state index in [1.54, 1.807) is 4.57 Å². The van der Waals surface area contributed by atoms with Crippen molar-refractivity contribution < 1.29 is 23.8 Å². The number of nitrogens with zero attached hydrogens (tertiary/aromatic N) is 4. The zero-order valence-corrected chi connectivity index (χ0v) is 16.1. The molecule has 29 heavy (non-hydrogen) atoms. The average Bonchev–Trinajstić information content (AvgIpc) is 3.20. The number of nitrogens with one attached hydrogen (secondary N) is 1. The highest BCUT2D eigenvalue weighted by atomic mass is 16.6. The van der Waals surface area contributed by atoms with Crippen molar-refractivity contribution in [3.63, 3.8) is 0 Å². The molecule has 2 aliphatic rings. The van der Waals surface area contributed by atoms with Gasteiger partial charge in [-0.2, -0.15) is 0 Å². The normalized spacial score (nSPS) is 26.5. The number of carbonyl (C=O) groups excluding carboxylic acids is 2. The molecule has 0 amide bonds.